The Balaban J connectivity index is 1.62. The maximum Gasteiger partial charge on any atom is 0.272 e. The molecule has 0 saturated carbocycles. The van der Waals surface area contributed by atoms with Crippen LogP contribution in [0.25, 0.3) is 0 Å². The van der Waals surface area contributed by atoms with Crippen molar-refractivity contribution < 1.29 is 9.53 Å². The monoisotopic (exact) mass is 339 g/mol. The Labute approximate surface area is 149 Å². The summed E-state index contributed by atoms with van der Waals surface area (Å²) in [6.07, 6.45) is 3.95. The summed E-state index contributed by atoms with van der Waals surface area (Å²) in [5, 5.41) is 0. The normalized spacial score (nSPS) is 17.5. The highest BCUT2D eigenvalue weighted by Crippen LogP contribution is 2.22. The minimum Gasteiger partial charge on any atom is -0.456 e. The number of carbonyl (C=O) groups is 1. The SMILES string of the molecule is Cc1cccc(Oc2ccc(C(=O)N(C)CC3CCCN3C)nc2)c1. The van der Waals surface area contributed by atoms with Crippen molar-refractivity contribution in [3.05, 3.63) is 53.9 Å². The van der Waals surface area contributed by atoms with E-state index in [1.165, 1.54) is 6.42 Å². The second-order valence-electron chi connectivity index (χ2n) is 6.76. The number of likely N-dealkylation sites (tertiary alicyclic amines) is 1. The van der Waals surface area contributed by atoms with Gasteiger partial charge in [0.05, 0.1) is 6.20 Å². The topological polar surface area (TPSA) is 45.7 Å². The van der Waals surface area contributed by atoms with Crippen molar-refractivity contribution in [2.24, 2.45) is 0 Å². The molecule has 0 spiro atoms. The van der Waals surface area contributed by atoms with Crippen molar-refractivity contribution in [2.45, 2.75) is 25.8 Å². The number of pyridine rings is 1. The molecule has 0 bridgehead atoms. The van der Waals surface area contributed by atoms with Crippen LogP contribution < -0.4 is 4.74 Å². The average Bonchev–Trinajstić information content (AvgIpc) is 3.00. The zero-order valence-corrected chi connectivity index (χ0v) is 15.1. The van der Waals surface area contributed by atoms with Crippen LogP contribution in [-0.2, 0) is 0 Å². The van der Waals surface area contributed by atoms with E-state index in [0.29, 0.717) is 17.5 Å². The van der Waals surface area contributed by atoms with Gasteiger partial charge < -0.3 is 14.5 Å². The van der Waals surface area contributed by atoms with Crippen LogP contribution in [0.2, 0.25) is 0 Å². The highest BCUT2D eigenvalue weighted by molar-refractivity contribution is 5.92. The van der Waals surface area contributed by atoms with Gasteiger partial charge in [-0.2, -0.15) is 0 Å². The molecule has 3 rings (SSSR count). The van der Waals surface area contributed by atoms with Crippen LogP contribution in [0.1, 0.15) is 28.9 Å². The van der Waals surface area contributed by atoms with E-state index in [4.69, 9.17) is 4.74 Å². The zero-order valence-electron chi connectivity index (χ0n) is 15.1. The molecule has 25 heavy (non-hydrogen) atoms. The quantitative estimate of drug-likeness (QED) is 0.838. The van der Waals surface area contributed by atoms with E-state index < -0.39 is 0 Å². The lowest BCUT2D eigenvalue weighted by Gasteiger charge is -2.25. The first-order valence-corrected chi connectivity index (χ1v) is 8.69. The Morgan fingerprint density at radius 3 is 2.80 bits per heavy atom. The molecule has 0 aliphatic carbocycles. The third-order valence-electron chi connectivity index (χ3n) is 4.68. The number of likely N-dealkylation sites (N-methyl/N-ethyl adjacent to an activating group) is 2. The zero-order chi connectivity index (χ0) is 17.8. The molecule has 1 fully saturated rings. The van der Waals surface area contributed by atoms with Gasteiger partial charge in [-0.3, -0.25) is 4.79 Å². The largest absolute Gasteiger partial charge is 0.456 e. The smallest absolute Gasteiger partial charge is 0.272 e. The summed E-state index contributed by atoms with van der Waals surface area (Å²) < 4.78 is 5.78. The van der Waals surface area contributed by atoms with E-state index in [0.717, 1.165) is 30.8 Å². The van der Waals surface area contributed by atoms with Crippen LogP contribution in [0.5, 0.6) is 11.5 Å². The predicted molar refractivity (Wildman–Crippen MR) is 98.1 cm³/mol. The van der Waals surface area contributed by atoms with Gasteiger partial charge in [0.2, 0.25) is 0 Å². The van der Waals surface area contributed by atoms with E-state index in [1.807, 2.05) is 38.2 Å². The minimum absolute atomic E-state index is 0.0533. The van der Waals surface area contributed by atoms with Gasteiger partial charge in [-0.15, -0.1) is 0 Å². The number of aromatic nitrogens is 1. The third-order valence-corrected chi connectivity index (χ3v) is 4.68. The maximum absolute atomic E-state index is 12.6. The number of carbonyl (C=O) groups excluding carboxylic acids is 1. The second kappa shape index (κ2) is 7.66. The lowest BCUT2D eigenvalue weighted by molar-refractivity contribution is 0.0755. The molecule has 1 saturated heterocycles. The fourth-order valence-electron chi connectivity index (χ4n) is 3.19. The van der Waals surface area contributed by atoms with Gasteiger partial charge in [-0.05, 0) is 63.2 Å². The van der Waals surface area contributed by atoms with Crippen LogP contribution in [0.4, 0.5) is 0 Å². The first kappa shape index (κ1) is 17.4. The van der Waals surface area contributed by atoms with Gasteiger partial charge >= 0.3 is 0 Å². The molecule has 5 nitrogen and oxygen atoms in total. The molecular weight excluding hydrogens is 314 g/mol. The first-order valence-electron chi connectivity index (χ1n) is 8.69. The summed E-state index contributed by atoms with van der Waals surface area (Å²) in [5.41, 5.74) is 1.58. The molecule has 1 aliphatic rings. The van der Waals surface area contributed by atoms with E-state index in [9.17, 15) is 4.79 Å². The van der Waals surface area contributed by atoms with Gasteiger partial charge in [0.25, 0.3) is 5.91 Å². The Hall–Kier alpha value is -2.40. The standard InChI is InChI=1S/C20H25N3O2/c1-15-6-4-8-17(12-15)25-18-9-10-19(21-13-18)20(24)23(3)14-16-7-5-11-22(16)2/h4,6,8-10,12-13,16H,5,7,11,14H2,1-3H3. The van der Waals surface area contributed by atoms with Crippen molar-refractivity contribution in [1.29, 1.82) is 0 Å². The molecule has 1 atom stereocenters. The second-order valence-corrected chi connectivity index (χ2v) is 6.76. The Bertz CT molecular complexity index is 730. The number of hydrogen-bond donors (Lipinski definition) is 0. The minimum atomic E-state index is -0.0533. The van der Waals surface area contributed by atoms with Gasteiger partial charge in [-0.25, -0.2) is 4.98 Å². The lowest BCUT2D eigenvalue weighted by atomic mass is 10.2. The predicted octanol–water partition coefficient (Wildman–Crippen LogP) is 3.35. The van der Waals surface area contributed by atoms with Gasteiger partial charge in [-0.1, -0.05) is 12.1 Å². The van der Waals surface area contributed by atoms with Crippen molar-refractivity contribution in [3.8, 4) is 11.5 Å². The molecule has 1 unspecified atom stereocenters. The molecule has 2 heterocycles. The first-order chi connectivity index (χ1) is 12.0. The van der Waals surface area contributed by atoms with Crippen LogP contribution in [0.3, 0.4) is 0 Å². The summed E-state index contributed by atoms with van der Waals surface area (Å²) in [6.45, 7) is 3.86. The van der Waals surface area contributed by atoms with Gasteiger partial charge in [0.1, 0.15) is 17.2 Å². The van der Waals surface area contributed by atoms with Crippen LogP contribution in [0.15, 0.2) is 42.6 Å². The Kier molecular flexibility index (Phi) is 5.34. The summed E-state index contributed by atoms with van der Waals surface area (Å²) in [6, 6.07) is 11.8. The van der Waals surface area contributed by atoms with Gasteiger partial charge in [0.15, 0.2) is 0 Å². The molecule has 0 radical (unpaired) electrons. The van der Waals surface area contributed by atoms with Crippen molar-refractivity contribution in [2.75, 3.05) is 27.2 Å². The van der Waals surface area contributed by atoms with Crippen molar-refractivity contribution >= 4 is 5.91 Å². The van der Waals surface area contributed by atoms with Crippen molar-refractivity contribution in [3.63, 3.8) is 0 Å². The highest BCUT2D eigenvalue weighted by Gasteiger charge is 2.24. The lowest BCUT2D eigenvalue weighted by Crippen LogP contribution is -2.39. The fraction of sp³-hybridized carbons (Fsp3) is 0.400. The Morgan fingerprint density at radius 1 is 1.32 bits per heavy atom. The number of benzene rings is 1. The summed E-state index contributed by atoms with van der Waals surface area (Å²) in [5.74, 6) is 1.34. The summed E-state index contributed by atoms with van der Waals surface area (Å²) in [4.78, 5) is 20.9. The number of rotatable bonds is 5. The summed E-state index contributed by atoms with van der Waals surface area (Å²) in [7, 11) is 3.96. The van der Waals surface area contributed by atoms with E-state index >= 15 is 0 Å². The molecule has 5 heteroatoms. The number of hydrogen-bond acceptors (Lipinski definition) is 4. The van der Waals surface area contributed by atoms with E-state index in [2.05, 4.69) is 16.9 Å². The maximum atomic E-state index is 12.6. The number of aryl methyl sites for hydroxylation is 1. The molecule has 2 aromatic rings. The van der Waals surface area contributed by atoms with Crippen LogP contribution >= 0.6 is 0 Å². The fourth-order valence-corrected chi connectivity index (χ4v) is 3.19. The van der Waals surface area contributed by atoms with Crippen LogP contribution in [0, 0.1) is 6.92 Å². The number of ether oxygens (including phenoxy) is 1. The van der Waals surface area contributed by atoms with Crippen molar-refractivity contribution in [1.82, 2.24) is 14.8 Å². The number of nitrogens with zero attached hydrogens (tertiary/aromatic N) is 3. The molecule has 1 amide bonds. The van der Waals surface area contributed by atoms with E-state index in [-0.39, 0.29) is 5.91 Å². The summed E-state index contributed by atoms with van der Waals surface area (Å²) >= 11 is 0. The average molecular weight is 339 g/mol. The van der Waals surface area contributed by atoms with E-state index in [1.54, 1.807) is 23.2 Å². The molecular formula is C20H25N3O2. The highest BCUT2D eigenvalue weighted by atomic mass is 16.5. The molecule has 132 valence electrons. The van der Waals surface area contributed by atoms with Gasteiger partial charge in [0, 0.05) is 19.6 Å². The third kappa shape index (κ3) is 4.37. The molecule has 1 aromatic heterocycles. The molecule has 1 aromatic carbocycles. The number of amides is 1. The Morgan fingerprint density at radius 2 is 2.16 bits per heavy atom. The molecule has 1 aliphatic heterocycles. The van der Waals surface area contributed by atoms with Crippen LogP contribution in [-0.4, -0.2) is 53.9 Å². The molecule has 0 N–H and O–H groups in total.